The average Bonchev–Trinajstić information content (AvgIpc) is 2.52. The van der Waals surface area contributed by atoms with Crippen molar-refractivity contribution in [3.63, 3.8) is 0 Å². The first-order valence-electron chi connectivity index (χ1n) is 6.51. The smallest absolute Gasteiger partial charge is 0.318 e. The maximum Gasteiger partial charge on any atom is 0.318 e. The largest absolute Gasteiger partial charge is 0.393 e. The summed E-state index contributed by atoms with van der Waals surface area (Å²) in [5, 5.41) is 10.3. The SMILES string of the molecule is CC1(C)CC2=CCC3C(=O)OC(=O)C3C2C(O)C1. The highest BCUT2D eigenvalue weighted by Crippen LogP contribution is 2.51. The highest BCUT2D eigenvalue weighted by atomic mass is 16.6. The molecule has 1 saturated heterocycles. The van der Waals surface area contributed by atoms with Crippen LogP contribution in [0, 0.1) is 23.2 Å². The third-order valence-corrected chi connectivity index (χ3v) is 4.52. The van der Waals surface area contributed by atoms with E-state index in [1.807, 2.05) is 6.08 Å². The van der Waals surface area contributed by atoms with Crippen LogP contribution in [0.5, 0.6) is 0 Å². The second-order valence-corrected chi connectivity index (χ2v) is 6.53. The summed E-state index contributed by atoms with van der Waals surface area (Å²) in [5.41, 5.74) is 1.19. The third-order valence-electron chi connectivity index (χ3n) is 4.52. The number of carbonyl (C=O) groups excluding carboxylic acids is 2. The van der Waals surface area contributed by atoms with Crippen molar-refractivity contribution in [1.29, 1.82) is 0 Å². The Morgan fingerprint density at radius 3 is 2.72 bits per heavy atom. The van der Waals surface area contributed by atoms with Gasteiger partial charge in [0.2, 0.25) is 0 Å². The fourth-order valence-corrected chi connectivity index (χ4v) is 3.83. The van der Waals surface area contributed by atoms with Crippen LogP contribution >= 0.6 is 0 Å². The van der Waals surface area contributed by atoms with Crippen LogP contribution in [-0.2, 0) is 14.3 Å². The van der Waals surface area contributed by atoms with Crippen molar-refractivity contribution in [2.24, 2.45) is 23.2 Å². The van der Waals surface area contributed by atoms with E-state index in [4.69, 9.17) is 4.74 Å². The summed E-state index contributed by atoms with van der Waals surface area (Å²) in [4.78, 5) is 23.4. The van der Waals surface area contributed by atoms with Crippen molar-refractivity contribution in [3.8, 4) is 0 Å². The molecule has 1 saturated carbocycles. The molecule has 0 radical (unpaired) electrons. The summed E-state index contributed by atoms with van der Waals surface area (Å²) in [7, 11) is 0. The number of hydrogen-bond acceptors (Lipinski definition) is 4. The topological polar surface area (TPSA) is 63.6 Å². The van der Waals surface area contributed by atoms with Gasteiger partial charge >= 0.3 is 11.9 Å². The molecule has 1 aliphatic heterocycles. The van der Waals surface area contributed by atoms with Crippen LogP contribution in [0.3, 0.4) is 0 Å². The van der Waals surface area contributed by atoms with Gasteiger partial charge in [-0.3, -0.25) is 9.59 Å². The van der Waals surface area contributed by atoms with E-state index >= 15 is 0 Å². The number of hydrogen-bond donors (Lipinski definition) is 1. The molecule has 3 rings (SSSR count). The van der Waals surface area contributed by atoms with E-state index in [2.05, 4.69) is 13.8 Å². The fourth-order valence-electron chi connectivity index (χ4n) is 3.83. The lowest BCUT2D eigenvalue weighted by Gasteiger charge is -2.44. The number of ether oxygens (including phenoxy) is 1. The van der Waals surface area contributed by atoms with Crippen LogP contribution in [0.1, 0.15) is 33.1 Å². The molecule has 4 unspecified atom stereocenters. The van der Waals surface area contributed by atoms with Gasteiger partial charge in [0, 0.05) is 5.92 Å². The van der Waals surface area contributed by atoms with Gasteiger partial charge in [0.25, 0.3) is 0 Å². The van der Waals surface area contributed by atoms with Crippen molar-refractivity contribution < 1.29 is 19.4 Å². The first-order chi connectivity index (χ1) is 8.39. The van der Waals surface area contributed by atoms with E-state index in [9.17, 15) is 14.7 Å². The number of carbonyl (C=O) groups is 2. The Morgan fingerprint density at radius 2 is 2.00 bits per heavy atom. The zero-order chi connectivity index (χ0) is 13.1. The molecule has 1 N–H and O–H groups in total. The fraction of sp³-hybridized carbons (Fsp3) is 0.714. The van der Waals surface area contributed by atoms with Gasteiger partial charge in [-0.05, 0) is 24.7 Å². The molecule has 4 nitrogen and oxygen atoms in total. The van der Waals surface area contributed by atoms with Gasteiger partial charge < -0.3 is 9.84 Å². The van der Waals surface area contributed by atoms with Crippen molar-refractivity contribution in [2.75, 3.05) is 0 Å². The van der Waals surface area contributed by atoms with Gasteiger partial charge in [-0.25, -0.2) is 0 Å². The molecule has 0 aromatic carbocycles. The van der Waals surface area contributed by atoms with Crippen molar-refractivity contribution in [1.82, 2.24) is 0 Å². The van der Waals surface area contributed by atoms with Gasteiger partial charge in [-0.1, -0.05) is 25.5 Å². The lowest BCUT2D eigenvalue weighted by Crippen LogP contribution is -2.44. The van der Waals surface area contributed by atoms with Gasteiger partial charge in [0.1, 0.15) is 0 Å². The lowest BCUT2D eigenvalue weighted by atomic mass is 9.60. The van der Waals surface area contributed by atoms with E-state index in [1.54, 1.807) is 0 Å². The molecule has 0 spiro atoms. The molecule has 1 heterocycles. The van der Waals surface area contributed by atoms with Crippen molar-refractivity contribution in [2.45, 2.75) is 39.2 Å². The predicted molar refractivity (Wildman–Crippen MR) is 63.3 cm³/mol. The number of rotatable bonds is 0. The summed E-state index contributed by atoms with van der Waals surface area (Å²) in [6, 6.07) is 0. The van der Waals surface area contributed by atoms with Crippen molar-refractivity contribution >= 4 is 11.9 Å². The maximum absolute atomic E-state index is 11.8. The highest BCUT2D eigenvalue weighted by molar-refractivity contribution is 5.97. The molecule has 4 atom stereocenters. The number of aliphatic hydroxyl groups excluding tert-OH is 1. The Balaban J connectivity index is 1.98. The van der Waals surface area contributed by atoms with E-state index < -0.39 is 24.0 Å². The average molecular weight is 250 g/mol. The van der Waals surface area contributed by atoms with Crippen LogP contribution in [0.2, 0.25) is 0 Å². The Morgan fingerprint density at radius 1 is 1.28 bits per heavy atom. The number of esters is 2. The summed E-state index contributed by atoms with van der Waals surface area (Å²) in [6.07, 6.45) is 3.62. The van der Waals surface area contributed by atoms with Crippen LogP contribution in [-0.4, -0.2) is 23.1 Å². The first kappa shape index (κ1) is 11.9. The first-order valence-corrected chi connectivity index (χ1v) is 6.51. The Kier molecular flexibility index (Phi) is 2.43. The van der Waals surface area contributed by atoms with E-state index in [-0.39, 0.29) is 17.3 Å². The molecule has 3 aliphatic rings. The number of aliphatic hydroxyl groups is 1. The van der Waals surface area contributed by atoms with E-state index in [0.29, 0.717) is 12.8 Å². The molecular formula is C14H18O4. The van der Waals surface area contributed by atoms with Crippen LogP contribution < -0.4 is 0 Å². The zero-order valence-electron chi connectivity index (χ0n) is 10.7. The molecule has 18 heavy (non-hydrogen) atoms. The predicted octanol–water partition coefficient (Wildman–Crippen LogP) is 1.43. The molecule has 0 aromatic heterocycles. The summed E-state index contributed by atoms with van der Waals surface area (Å²) < 4.78 is 4.74. The minimum absolute atomic E-state index is 0.0567. The minimum atomic E-state index is -0.550. The Hall–Kier alpha value is -1.16. The lowest BCUT2D eigenvalue weighted by molar-refractivity contribution is -0.154. The molecule has 98 valence electrons. The molecule has 2 aliphatic carbocycles. The zero-order valence-corrected chi connectivity index (χ0v) is 10.7. The molecule has 0 bridgehead atoms. The number of fused-ring (bicyclic) bond motifs is 3. The summed E-state index contributed by atoms with van der Waals surface area (Å²) in [6.45, 7) is 4.25. The quantitative estimate of drug-likeness (QED) is 0.401. The van der Waals surface area contributed by atoms with Crippen LogP contribution in [0.4, 0.5) is 0 Å². The third kappa shape index (κ3) is 1.62. The molecule has 0 amide bonds. The minimum Gasteiger partial charge on any atom is -0.393 e. The molecule has 4 heteroatoms. The molecular weight excluding hydrogens is 232 g/mol. The second kappa shape index (κ2) is 3.67. The van der Waals surface area contributed by atoms with Gasteiger partial charge in [0.05, 0.1) is 17.9 Å². The number of cyclic esters (lactones) is 2. The van der Waals surface area contributed by atoms with Gasteiger partial charge in [-0.2, -0.15) is 0 Å². The van der Waals surface area contributed by atoms with E-state index in [1.165, 1.54) is 0 Å². The van der Waals surface area contributed by atoms with Gasteiger partial charge in [-0.15, -0.1) is 0 Å². The Bertz CT molecular complexity index is 449. The van der Waals surface area contributed by atoms with E-state index in [0.717, 1.165) is 12.0 Å². The monoisotopic (exact) mass is 250 g/mol. The standard InChI is InChI=1S/C14H18O4/c1-14(2)5-7-3-4-8-11(10(7)9(15)6-14)13(17)18-12(8)16/h3,8-11,15H,4-6H2,1-2H3. The summed E-state index contributed by atoms with van der Waals surface area (Å²) >= 11 is 0. The maximum atomic E-state index is 11.8. The van der Waals surface area contributed by atoms with Crippen molar-refractivity contribution in [3.05, 3.63) is 11.6 Å². The normalized spacial score (nSPS) is 41.8. The van der Waals surface area contributed by atoms with Crippen LogP contribution in [0.15, 0.2) is 11.6 Å². The van der Waals surface area contributed by atoms with Crippen LogP contribution in [0.25, 0.3) is 0 Å². The summed E-state index contributed by atoms with van der Waals surface area (Å²) in [5.74, 6) is -1.90. The Labute approximate surface area is 106 Å². The van der Waals surface area contributed by atoms with Gasteiger partial charge in [0.15, 0.2) is 0 Å². The molecule has 0 aromatic rings. The highest BCUT2D eigenvalue weighted by Gasteiger charge is 2.54. The number of allylic oxidation sites excluding steroid dienone is 1. The molecule has 2 fully saturated rings. The second-order valence-electron chi connectivity index (χ2n) is 6.53.